The molecule has 1 fully saturated rings. The topological polar surface area (TPSA) is 53.3 Å². The first-order valence-corrected chi connectivity index (χ1v) is 11.1. The first-order chi connectivity index (χ1) is 15.7. The fourth-order valence-electron chi connectivity index (χ4n) is 4.31. The van der Waals surface area contributed by atoms with E-state index < -0.39 is 0 Å². The average Bonchev–Trinajstić information content (AvgIpc) is 3.44. The minimum Gasteiger partial charge on any atom is -0.508 e. The van der Waals surface area contributed by atoms with Crippen LogP contribution in [0.3, 0.4) is 0 Å². The Hall–Kier alpha value is -3.64. The van der Waals surface area contributed by atoms with Crippen molar-refractivity contribution in [2.75, 3.05) is 4.90 Å². The predicted molar refractivity (Wildman–Crippen MR) is 131 cm³/mol. The molecule has 2 N–H and O–H groups in total. The zero-order chi connectivity index (χ0) is 22.1. The van der Waals surface area contributed by atoms with E-state index in [4.69, 9.17) is 12.2 Å². The highest BCUT2D eigenvalue weighted by Gasteiger charge is 2.42. The lowest BCUT2D eigenvalue weighted by Crippen LogP contribution is -2.30. The van der Waals surface area contributed by atoms with Crippen LogP contribution >= 0.6 is 12.2 Å². The van der Waals surface area contributed by atoms with Gasteiger partial charge in [0, 0.05) is 29.5 Å². The van der Waals surface area contributed by atoms with Gasteiger partial charge in [-0.1, -0.05) is 25.1 Å². The predicted octanol–water partition coefficient (Wildman–Crippen LogP) is 5.32. The quantitative estimate of drug-likeness (QED) is 0.412. The number of aromatic hydroxyl groups is 1. The third kappa shape index (κ3) is 3.63. The molecule has 5 rings (SSSR count). The lowest BCUT2D eigenvalue weighted by Gasteiger charge is -2.29. The number of hydrogen-bond acceptors (Lipinski definition) is 3. The molecule has 0 amide bonds. The number of rotatable bonds is 5. The van der Waals surface area contributed by atoms with Crippen molar-refractivity contribution < 1.29 is 5.11 Å². The van der Waals surface area contributed by atoms with E-state index in [9.17, 15) is 5.11 Å². The van der Waals surface area contributed by atoms with Gasteiger partial charge in [-0.25, -0.2) is 0 Å². The number of benzene rings is 2. The molecule has 6 heteroatoms. The van der Waals surface area contributed by atoms with Gasteiger partial charge in [-0.15, -0.1) is 0 Å². The second kappa shape index (κ2) is 8.48. The number of phenols is 1. The maximum atomic E-state index is 9.74. The summed E-state index contributed by atoms with van der Waals surface area (Å²) in [4.78, 5) is 6.81. The van der Waals surface area contributed by atoms with Crippen molar-refractivity contribution in [3.05, 3.63) is 108 Å². The third-order valence-electron chi connectivity index (χ3n) is 5.93. The number of thiocarbonyl (C=S) groups is 1. The SMILES string of the molecule is CCc1ccc(N2C(=S)N[C@H](c3ccccn3)[C@@H]2c2cccn2-c2ccc(O)cc2)cc1. The zero-order valence-corrected chi connectivity index (χ0v) is 18.5. The van der Waals surface area contributed by atoms with E-state index in [1.54, 1.807) is 12.1 Å². The Labute approximate surface area is 193 Å². The fourth-order valence-corrected chi connectivity index (χ4v) is 4.66. The molecule has 2 atom stereocenters. The van der Waals surface area contributed by atoms with Crippen molar-refractivity contribution in [1.29, 1.82) is 0 Å². The van der Waals surface area contributed by atoms with Crippen molar-refractivity contribution in [3.63, 3.8) is 0 Å². The van der Waals surface area contributed by atoms with E-state index in [-0.39, 0.29) is 17.8 Å². The molecule has 0 radical (unpaired) electrons. The number of anilines is 1. The standard InChI is InChI=1S/C26H24N4OS/c1-2-18-8-10-20(11-9-18)30-25(24(28-26(30)32)22-6-3-4-16-27-22)23-7-5-17-29(23)19-12-14-21(31)15-13-19/h3-17,24-25,31H,2H2,1H3,(H,28,32)/t24-,25+/m1/s1. The van der Waals surface area contributed by atoms with E-state index in [1.165, 1.54) is 5.56 Å². The third-order valence-corrected chi connectivity index (χ3v) is 6.25. The molecule has 0 unspecified atom stereocenters. The molecule has 0 aliphatic carbocycles. The number of nitrogens with zero attached hydrogens (tertiary/aromatic N) is 3. The highest BCUT2D eigenvalue weighted by atomic mass is 32.1. The monoisotopic (exact) mass is 440 g/mol. The van der Waals surface area contributed by atoms with Crippen LogP contribution in [0.2, 0.25) is 0 Å². The number of phenolic OH excluding ortho intramolecular Hbond substituents is 1. The lowest BCUT2D eigenvalue weighted by molar-refractivity contribution is 0.475. The lowest BCUT2D eigenvalue weighted by atomic mass is 10.0. The van der Waals surface area contributed by atoms with Crippen LogP contribution in [0.5, 0.6) is 5.75 Å². The van der Waals surface area contributed by atoms with Crippen LogP contribution in [0.4, 0.5) is 5.69 Å². The molecule has 4 aromatic rings. The van der Waals surface area contributed by atoms with Crippen LogP contribution in [0.15, 0.2) is 91.3 Å². The summed E-state index contributed by atoms with van der Waals surface area (Å²) in [6.45, 7) is 2.15. The molecule has 5 nitrogen and oxygen atoms in total. The maximum Gasteiger partial charge on any atom is 0.174 e. The van der Waals surface area contributed by atoms with Gasteiger partial charge in [0.05, 0.1) is 11.7 Å². The minimum absolute atomic E-state index is 0.103. The Bertz CT molecular complexity index is 1220. The molecule has 2 aromatic carbocycles. The van der Waals surface area contributed by atoms with Crippen molar-refractivity contribution in [1.82, 2.24) is 14.9 Å². The van der Waals surface area contributed by atoms with E-state index in [0.717, 1.165) is 29.2 Å². The van der Waals surface area contributed by atoms with Gasteiger partial charge in [0.1, 0.15) is 11.8 Å². The molecule has 1 saturated heterocycles. The molecule has 0 saturated carbocycles. The number of pyridine rings is 1. The summed E-state index contributed by atoms with van der Waals surface area (Å²) in [5.41, 5.74) is 5.32. The summed E-state index contributed by atoms with van der Waals surface area (Å²) >= 11 is 5.83. The summed E-state index contributed by atoms with van der Waals surface area (Å²) < 4.78 is 2.14. The Kier molecular flexibility index (Phi) is 5.37. The van der Waals surface area contributed by atoms with Gasteiger partial charge >= 0.3 is 0 Å². The fraction of sp³-hybridized carbons (Fsp3) is 0.154. The van der Waals surface area contributed by atoms with Crippen LogP contribution in [-0.4, -0.2) is 19.8 Å². The van der Waals surface area contributed by atoms with E-state index in [2.05, 4.69) is 57.0 Å². The molecule has 160 valence electrons. The smallest absolute Gasteiger partial charge is 0.174 e. The summed E-state index contributed by atoms with van der Waals surface area (Å²) in [5, 5.41) is 13.9. The van der Waals surface area contributed by atoms with Crippen LogP contribution in [0.1, 0.15) is 36.0 Å². The molecule has 1 aliphatic heterocycles. The summed E-state index contributed by atoms with van der Waals surface area (Å²) in [7, 11) is 0. The summed E-state index contributed by atoms with van der Waals surface area (Å²) in [6.07, 6.45) is 4.85. The highest BCUT2D eigenvalue weighted by molar-refractivity contribution is 7.80. The Morgan fingerprint density at radius 2 is 1.69 bits per heavy atom. The van der Waals surface area contributed by atoms with Crippen LogP contribution < -0.4 is 10.2 Å². The molecular formula is C26H24N4OS. The van der Waals surface area contributed by atoms with Crippen LogP contribution in [-0.2, 0) is 6.42 Å². The zero-order valence-electron chi connectivity index (χ0n) is 17.7. The second-order valence-electron chi connectivity index (χ2n) is 7.84. The Balaban J connectivity index is 1.64. The largest absolute Gasteiger partial charge is 0.508 e. The van der Waals surface area contributed by atoms with Crippen molar-refractivity contribution in [2.24, 2.45) is 0 Å². The maximum absolute atomic E-state index is 9.74. The number of hydrogen-bond donors (Lipinski definition) is 2. The van der Waals surface area contributed by atoms with E-state index >= 15 is 0 Å². The Morgan fingerprint density at radius 3 is 2.38 bits per heavy atom. The van der Waals surface area contributed by atoms with Crippen LogP contribution in [0, 0.1) is 0 Å². The van der Waals surface area contributed by atoms with Gasteiger partial charge in [0.2, 0.25) is 0 Å². The number of aromatic nitrogens is 2. The molecule has 0 bridgehead atoms. The molecule has 2 aromatic heterocycles. The van der Waals surface area contributed by atoms with E-state index in [1.807, 2.05) is 48.8 Å². The van der Waals surface area contributed by atoms with Gasteiger partial charge in [-0.3, -0.25) is 4.98 Å². The van der Waals surface area contributed by atoms with Gasteiger partial charge in [-0.05, 0) is 84.9 Å². The first kappa shape index (κ1) is 20.3. The highest BCUT2D eigenvalue weighted by Crippen LogP contribution is 2.42. The first-order valence-electron chi connectivity index (χ1n) is 10.7. The van der Waals surface area contributed by atoms with Gasteiger partial charge in [-0.2, -0.15) is 0 Å². The number of nitrogens with one attached hydrogen (secondary N) is 1. The average molecular weight is 441 g/mol. The molecule has 1 aliphatic rings. The molecular weight excluding hydrogens is 416 g/mol. The summed E-state index contributed by atoms with van der Waals surface area (Å²) in [6, 6.07) is 25.7. The van der Waals surface area contributed by atoms with Crippen molar-refractivity contribution in [2.45, 2.75) is 25.4 Å². The number of aryl methyl sites for hydroxylation is 1. The van der Waals surface area contributed by atoms with Gasteiger partial charge in [0.15, 0.2) is 5.11 Å². The van der Waals surface area contributed by atoms with Crippen molar-refractivity contribution in [3.8, 4) is 11.4 Å². The van der Waals surface area contributed by atoms with Crippen molar-refractivity contribution >= 4 is 23.0 Å². The Morgan fingerprint density at radius 1 is 0.938 bits per heavy atom. The summed E-state index contributed by atoms with van der Waals surface area (Å²) in [5.74, 6) is 0.246. The normalized spacial score (nSPS) is 18.0. The van der Waals surface area contributed by atoms with Gasteiger partial charge in [0.25, 0.3) is 0 Å². The second-order valence-corrected chi connectivity index (χ2v) is 8.22. The van der Waals surface area contributed by atoms with E-state index in [0.29, 0.717) is 5.11 Å². The molecule has 0 spiro atoms. The van der Waals surface area contributed by atoms with Gasteiger partial charge < -0.3 is 19.9 Å². The van der Waals surface area contributed by atoms with Crippen LogP contribution in [0.25, 0.3) is 5.69 Å². The minimum atomic E-state index is -0.111. The molecule has 32 heavy (non-hydrogen) atoms. The molecule has 3 heterocycles.